The summed E-state index contributed by atoms with van der Waals surface area (Å²) < 4.78 is 0. The van der Waals surface area contributed by atoms with Gasteiger partial charge in [-0.05, 0) is 6.42 Å². The van der Waals surface area contributed by atoms with Gasteiger partial charge in [0.15, 0.2) is 0 Å². The quantitative estimate of drug-likeness (QED) is 0.520. The number of piperidine rings is 1. The van der Waals surface area contributed by atoms with Gasteiger partial charge in [0.1, 0.15) is 5.92 Å². The molecule has 1 aliphatic rings. The summed E-state index contributed by atoms with van der Waals surface area (Å²) in [4.78, 5) is 22.2. The molecule has 2 N–H and O–H groups in total. The normalized spacial score (nSPS) is 29.9. The Morgan fingerprint density at radius 1 is 1.58 bits per heavy atom. The van der Waals surface area contributed by atoms with E-state index in [1.807, 2.05) is 0 Å². The molecule has 1 saturated heterocycles. The number of nitrogens with zero attached hydrogens (tertiary/aromatic N) is 1. The van der Waals surface area contributed by atoms with Crippen molar-refractivity contribution in [3.05, 3.63) is 0 Å². The van der Waals surface area contributed by atoms with E-state index in [1.54, 1.807) is 0 Å². The fourth-order valence-electron chi connectivity index (χ4n) is 1.30. The summed E-state index contributed by atoms with van der Waals surface area (Å²) in [6.07, 6.45) is 0.135. The van der Waals surface area contributed by atoms with E-state index in [-0.39, 0.29) is 6.54 Å². The highest BCUT2D eigenvalue weighted by atomic mass is 16.4. The molecule has 5 nitrogen and oxygen atoms in total. The van der Waals surface area contributed by atoms with Gasteiger partial charge >= 0.3 is 5.97 Å². The second-order valence-electron chi connectivity index (χ2n) is 2.90. The van der Waals surface area contributed by atoms with Gasteiger partial charge in [0, 0.05) is 13.1 Å². The average Bonchev–Trinajstić information content (AvgIpc) is 2.05. The number of hydrogen-bond donors (Lipinski definition) is 2. The van der Waals surface area contributed by atoms with Crippen molar-refractivity contribution in [1.82, 2.24) is 4.90 Å². The molecule has 2 unspecified atom stereocenters. The van der Waals surface area contributed by atoms with Crippen LogP contribution in [0.1, 0.15) is 6.42 Å². The summed E-state index contributed by atoms with van der Waals surface area (Å²) in [5, 5.41) is 17.8. The minimum absolute atomic E-state index is 0.111. The van der Waals surface area contributed by atoms with Crippen LogP contribution in [0.3, 0.4) is 0 Å². The van der Waals surface area contributed by atoms with E-state index in [2.05, 4.69) is 0 Å². The van der Waals surface area contributed by atoms with Crippen LogP contribution in [0, 0.1) is 5.92 Å². The molecule has 1 rings (SSSR count). The molecule has 0 aliphatic carbocycles. The zero-order valence-corrected chi connectivity index (χ0v) is 6.51. The molecule has 1 fully saturated rings. The second kappa shape index (κ2) is 3.53. The number of hydrogen-bond acceptors (Lipinski definition) is 3. The molecule has 2 atom stereocenters. The van der Waals surface area contributed by atoms with Crippen LogP contribution in [-0.2, 0) is 9.59 Å². The minimum Gasteiger partial charge on any atom is -0.481 e. The third-order valence-electron chi connectivity index (χ3n) is 2.07. The molecule has 1 amide bonds. The van der Waals surface area contributed by atoms with Crippen molar-refractivity contribution in [3.63, 3.8) is 0 Å². The van der Waals surface area contributed by atoms with E-state index in [0.717, 1.165) is 0 Å². The Morgan fingerprint density at radius 2 is 2.25 bits per heavy atom. The molecule has 0 saturated carbocycles. The predicted molar refractivity (Wildman–Crippen MR) is 39.4 cm³/mol. The van der Waals surface area contributed by atoms with Crippen LogP contribution < -0.4 is 0 Å². The number of carboxylic acids is 1. The van der Waals surface area contributed by atoms with Crippen LogP contribution >= 0.6 is 0 Å². The molecule has 0 radical (unpaired) electrons. The number of rotatable bonds is 2. The average molecular weight is 173 g/mol. The molecule has 0 aromatic heterocycles. The number of aliphatic hydroxyl groups is 1. The van der Waals surface area contributed by atoms with E-state index in [0.29, 0.717) is 19.4 Å². The molecule has 5 heteroatoms. The lowest BCUT2D eigenvalue weighted by molar-refractivity contribution is -0.149. The van der Waals surface area contributed by atoms with E-state index < -0.39 is 18.0 Å². The van der Waals surface area contributed by atoms with Crippen LogP contribution in [0.2, 0.25) is 0 Å². The first-order chi connectivity index (χ1) is 5.65. The highest BCUT2D eigenvalue weighted by Crippen LogP contribution is 2.15. The van der Waals surface area contributed by atoms with Crippen molar-refractivity contribution in [2.75, 3.05) is 13.1 Å². The Hall–Kier alpha value is -1.10. The van der Waals surface area contributed by atoms with E-state index in [1.165, 1.54) is 4.90 Å². The van der Waals surface area contributed by atoms with Crippen molar-refractivity contribution >= 4 is 12.4 Å². The van der Waals surface area contributed by atoms with E-state index in [4.69, 9.17) is 5.11 Å². The third kappa shape index (κ3) is 1.73. The van der Waals surface area contributed by atoms with Gasteiger partial charge in [-0.2, -0.15) is 0 Å². The first-order valence-electron chi connectivity index (χ1n) is 3.75. The van der Waals surface area contributed by atoms with Crippen LogP contribution in [0.4, 0.5) is 0 Å². The summed E-state index contributed by atoms with van der Waals surface area (Å²) in [6.45, 7) is 0.550. The highest BCUT2D eigenvalue weighted by Gasteiger charge is 2.32. The topological polar surface area (TPSA) is 77.8 Å². The maximum absolute atomic E-state index is 10.5. The largest absolute Gasteiger partial charge is 0.481 e. The van der Waals surface area contributed by atoms with Crippen molar-refractivity contribution < 1.29 is 19.8 Å². The maximum atomic E-state index is 10.5. The number of carbonyl (C=O) groups excluding carboxylic acids is 1. The smallest absolute Gasteiger partial charge is 0.310 e. The molecule has 0 aromatic carbocycles. The van der Waals surface area contributed by atoms with Gasteiger partial charge in [-0.15, -0.1) is 0 Å². The van der Waals surface area contributed by atoms with Crippen LogP contribution in [0.5, 0.6) is 0 Å². The summed E-state index contributed by atoms with van der Waals surface area (Å²) in [6, 6.07) is 0. The lowest BCUT2D eigenvalue weighted by Gasteiger charge is -2.31. The molecule has 0 aromatic rings. The fourth-order valence-corrected chi connectivity index (χ4v) is 1.30. The van der Waals surface area contributed by atoms with Crippen LogP contribution in [0.25, 0.3) is 0 Å². The van der Waals surface area contributed by atoms with Crippen LogP contribution in [-0.4, -0.2) is 46.7 Å². The van der Waals surface area contributed by atoms with Gasteiger partial charge in [0.2, 0.25) is 6.41 Å². The number of aliphatic hydroxyl groups excluding tert-OH is 1. The third-order valence-corrected chi connectivity index (χ3v) is 2.07. The number of aliphatic carboxylic acids is 1. The summed E-state index contributed by atoms with van der Waals surface area (Å²) in [5.74, 6) is -1.88. The van der Waals surface area contributed by atoms with Crippen molar-refractivity contribution in [3.8, 4) is 0 Å². The Labute approximate surface area is 69.6 Å². The van der Waals surface area contributed by atoms with Gasteiger partial charge in [0.05, 0.1) is 6.10 Å². The first-order valence-corrected chi connectivity index (χ1v) is 3.75. The molecule has 1 heterocycles. The number of carbonyl (C=O) groups is 2. The van der Waals surface area contributed by atoms with E-state index >= 15 is 0 Å². The Kier molecular flexibility index (Phi) is 2.65. The van der Waals surface area contributed by atoms with Gasteiger partial charge < -0.3 is 15.1 Å². The molecule has 12 heavy (non-hydrogen) atoms. The Morgan fingerprint density at radius 3 is 2.75 bits per heavy atom. The Balaban J connectivity index is 2.58. The van der Waals surface area contributed by atoms with Gasteiger partial charge in [-0.3, -0.25) is 9.59 Å². The SMILES string of the molecule is O=CN1CCC(O)C(C(=O)O)C1. The van der Waals surface area contributed by atoms with Crippen molar-refractivity contribution in [1.29, 1.82) is 0 Å². The van der Waals surface area contributed by atoms with E-state index in [9.17, 15) is 14.7 Å². The molecular weight excluding hydrogens is 162 g/mol. The standard InChI is InChI=1S/C7H11NO4/c9-4-8-2-1-6(10)5(3-8)7(11)12/h4-6,10H,1-3H2,(H,11,12). The maximum Gasteiger partial charge on any atom is 0.310 e. The second-order valence-corrected chi connectivity index (χ2v) is 2.90. The monoisotopic (exact) mass is 173 g/mol. The minimum atomic E-state index is -1.05. The molecule has 68 valence electrons. The zero-order valence-electron chi connectivity index (χ0n) is 6.51. The number of amides is 1. The predicted octanol–water partition coefficient (Wildman–Crippen LogP) is -1.09. The first kappa shape index (κ1) is 8.99. The van der Waals surface area contributed by atoms with Crippen molar-refractivity contribution in [2.45, 2.75) is 12.5 Å². The number of carboxylic acid groups (broad SMARTS) is 1. The lowest BCUT2D eigenvalue weighted by atomic mass is 9.95. The molecular formula is C7H11NO4. The summed E-state index contributed by atoms with van der Waals surface area (Å²) in [7, 11) is 0. The summed E-state index contributed by atoms with van der Waals surface area (Å²) in [5.41, 5.74) is 0. The zero-order chi connectivity index (χ0) is 9.14. The fraction of sp³-hybridized carbons (Fsp3) is 0.714. The molecule has 1 aliphatic heterocycles. The van der Waals surface area contributed by atoms with Gasteiger partial charge in [-0.25, -0.2) is 0 Å². The molecule has 0 bridgehead atoms. The highest BCUT2D eigenvalue weighted by molar-refractivity contribution is 5.71. The lowest BCUT2D eigenvalue weighted by Crippen LogP contribution is -2.45. The van der Waals surface area contributed by atoms with Gasteiger partial charge in [-0.1, -0.05) is 0 Å². The van der Waals surface area contributed by atoms with Crippen LogP contribution in [0.15, 0.2) is 0 Å². The summed E-state index contributed by atoms with van der Waals surface area (Å²) >= 11 is 0. The van der Waals surface area contributed by atoms with Crippen molar-refractivity contribution in [2.24, 2.45) is 5.92 Å². The molecule has 0 spiro atoms. The Bertz CT molecular complexity index is 194. The van der Waals surface area contributed by atoms with Gasteiger partial charge in [0.25, 0.3) is 0 Å². The number of likely N-dealkylation sites (tertiary alicyclic amines) is 1.